The van der Waals surface area contributed by atoms with Crippen molar-refractivity contribution in [2.45, 2.75) is 31.0 Å². The Labute approximate surface area is 128 Å². The zero-order valence-corrected chi connectivity index (χ0v) is 11.9. The van der Waals surface area contributed by atoms with E-state index in [9.17, 15) is 14.6 Å². The van der Waals surface area contributed by atoms with E-state index < -0.39 is 6.17 Å². The van der Waals surface area contributed by atoms with Gasteiger partial charge in [0, 0.05) is 11.5 Å². The molecule has 2 aromatic rings. The molecule has 22 heavy (non-hydrogen) atoms. The first-order valence-electron chi connectivity index (χ1n) is 7.54. The molecule has 3 nitrogen and oxygen atoms in total. The van der Waals surface area contributed by atoms with E-state index in [0.717, 1.165) is 11.1 Å². The van der Waals surface area contributed by atoms with Gasteiger partial charge in [0.25, 0.3) is 0 Å². The maximum Gasteiger partial charge on any atom is 0.127 e. The van der Waals surface area contributed by atoms with Gasteiger partial charge in [-0.15, -0.1) is 0 Å². The summed E-state index contributed by atoms with van der Waals surface area (Å²) in [5.74, 6) is 1.22. The van der Waals surface area contributed by atoms with Gasteiger partial charge < -0.3 is 14.9 Å². The standard InChI is InChI=1S/C18H17FO3/c19-11-7-14-15-9-13(21)5-6-17(15)22-18(16(14)8-11)10-1-3-12(20)4-2-10/h1-6,9,11,14,16,18,20-21H,7-8H2/t11-,14-,16-,18-/m0/s1. The van der Waals surface area contributed by atoms with Crippen LogP contribution in [0.1, 0.15) is 36.0 Å². The van der Waals surface area contributed by atoms with Gasteiger partial charge in [0.05, 0.1) is 0 Å². The second kappa shape index (κ2) is 4.90. The van der Waals surface area contributed by atoms with Crippen molar-refractivity contribution in [3.8, 4) is 17.2 Å². The summed E-state index contributed by atoms with van der Waals surface area (Å²) in [7, 11) is 0. The van der Waals surface area contributed by atoms with Crippen LogP contribution < -0.4 is 4.74 Å². The van der Waals surface area contributed by atoms with Gasteiger partial charge in [-0.2, -0.15) is 0 Å². The molecular weight excluding hydrogens is 283 g/mol. The number of phenolic OH excluding ortho intramolecular Hbond substituents is 2. The largest absolute Gasteiger partial charge is 0.508 e. The molecule has 4 heteroatoms. The van der Waals surface area contributed by atoms with Gasteiger partial charge in [0.2, 0.25) is 0 Å². The molecule has 1 heterocycles. The Balaban J connectivity index is 1.78. The molecular formula is C18H17FO3. The highest BCUT2D eigenvalue weighted by molar-refractivity contribution is 5.46. The number of alkyl halides is 1. The van der Waals surface area contributed by atoms with Crippen molar-refractivity contribution in [2.24, 2.45) is 5.92 Å². The minimum atomic E-state index is -0.841. The van der Waals surface area contributed by atoms with Crippen LogP contribution in [-0.4, -0.2) is 16.4 Å². The summed E-state index contributed by atoms with van der Waals surface area (Å²) in [6.07, 6.45) is -0.125. The molecule has 2 aromatic carbocycles. The Morgan fingerprint density at radius 3 is 2.45 bits per heavy atom. The first kappa shape index (κ1) is 13.4. The van der Waals surface area contributed by atoms with Crippen molar-refractivity contribution in [2.75, 3.05) is 0 Å². The summed E-state index contributed by atoms with van der Waals surface area (Å²) in [5.41, 5.74) is 1.85. The monoisotopic (exact) mass is 300 g/mol. The van der Waals surface area contributed by atoms with Gasteiger partial charge in [-0.1, -0.05) is 12.1 Å². The lowest BCUT2D eigenvalue weighted by molar-refractivity contribution is 0.102. The number of hydrogen-bond donors (Lipinski definition) is 2. The lowest BCUT2D eigenvalue weighted by atomic mass is 9.80. The normalized spacial score (nSPS) is 29.5. The van der Waals surface area contributed by atoms with Crippen molar-refractivity contribution in [1.82, 2.24) is 0 Å². The highest BCUT2D eigenvalue weighted by Gasteiger charge is 2.45. The third-order valence-electron chi connectivity index (χ3n) is 4.81. The molecule has 0 unspecified atom stereocenters. The number of halogens is 1. The first-order valence-corrected chi connectivity index (χ1v) is 7.54. The molecule has 0 radical (unpaired) electrons. The first-order chi connectivity index (χ1) is 10.6. The van der Waals surface area contributed by atoms with Crippen LogP contribution in [-0.2, 0) is 0 Å². The number of fused-ring (bicyclic) bond motifs is 3. The second-order valence-electron chi connectivity index (χ2n) is 6.19. The molecule has 2 N–H and O–H groups in total. The van der Waals surface area contributed by atoms with Crippen LogP contribution in [0.4, 0.5) is 4.39 Å². The Bertz CT molecular complexity index is 698. The van der Waals surface area contributed by atoms with Gasteiger partial charge in [-0.05, 0) is 54.7 Å². The summed E-state index contributed by atoms with van der Waals surface area (Å²) < 4.78 is 20.1. The topological polar surface area (TPSA) is 49.7 Å². The molecule has 1 aliphatic carbocycles. The number of hydrogen-bond acceptors (Lipinski definition) is 3. The number of rotatable bonds is 1. The predicted molar refractivity (Wildman–Crippen MR) is 79.9 cm³/mol. The van der Waals surface area contributed by atoms with Crippen molar-refractivity contribution in [3.05, 3.63) is 53.6 Å². The summed E-state index contributed by atoms with van der Waals surface area (Å²) in [4.78, 5) is 0. The van der Waals surface area contributed by atoms with Crippen LogP contribution in [0.2, 0.25) is 0 Å². The van der Waals surface area contributed by atoms with E-state index in [2.05, 4.69) is 0 Å². The minimum Gasteiger partial charge on any atom is -0.508 e. The predicted octanol–water partition coefficient (Wildman–Crippen LogP) is 4.06. The SMILES string of the molecule is Oc1ccc([C@@H]2Oc3ccc(O)cc3[C@@H]3C[C@H](F)C[C@@H]32)cc1. The van der Waals surface area contributed by atoms with Gasteiger partial charge in [0.15, 0.2) is 0 Å². The van der Waals surface area contributed by atoms with Crippen LogP contribution in [0.25, 0.3) is 0 Å². The zero-order chi connectivity index (χ0) is 15.3. The number of aromatic hydroxyl groups is 2. The third kappa shape index (κ3) is 2.10. The molecule has 114 valence electrons. The van der Waals surface area contributed by atoms with Crippen LogP contribution in [0.15, 0.2) is 42.5 Å². The maximum atomic E-state index is 14.0. The van der Waals surface area contributed by atoms with E-state index >= 15 is 0 Å². The van der Waals surface area contributed by atoms with E-state index in [1.807, 2.05) is 12.1 Å². The molecule has 0 bridgehead atoms. The second-order valence-corrected chi connectivity index (χ2v) is 6.19. The van der Waals surface area contributed by atoms with E-state index in [4.69, 9.17) is 4.74 Å². The van der Waals surface area contributed by atoms with Crippen molar-refractivity contribution in [3.63, 3.8) is 0 Å². The molecule has 0 saturated heterocycles. The smallest absolute Gasteiger partial charge is 0.127 e. The summed E-state index contributed by atoms with van der Waals surface area (Å²) in [5, 5.41) is 19.2. The third-order valence-corrected chi connectivity index (χ3v) is 4.81. The minimum absolute atomic E-state index is 0.0499. The van der Waals surface area contributed by atoms with E-state index in [1.54, 1.807) is 30.3 Å². The van der Waals surface area contributed by atoms with E-state index in [0.29, 0.717) is 18.6 Å². The highest BCUT2D eigenvalue weighted by atomic mass is 19.1. The van der Waals surface area contributed by atoms with Crippen LogP contribution in [0.3, 0.4) is 0 Å². The molecule has 1 fully saturated rings. The summed E-state index contributed by atoms with van der Waals surface area (Å²) >= 11 is 0. The average Bonchev–Trinajstić information content (AvgIpc) is 2.89. The molecule has 1 saturated carbocycles. The molecule has 0 spiro atoms. The Hall–Kier alpha value is -2.23. The lowest BCUT2D eigenvalue weighted by Gasteiger charge is -2.36. The molecule has 0 aromatic heterocycles. The summed E-state index contributed by atoms with van der Waals surface area (Å²) in [6.45, 7) is 0. The lowest BCUT2D eigenvalue weighted by Crippen LogP contribution is -2.26. The Morgan fingerprint density at radius 2 is 1.68 bits per heavy atom. The van der Waals surface area contributed by atoms with Gasteiger partial charge >= 0.3 is 0 Å². The Morgan fingerprint density at radius 1 is 0.955 bits per heavy atom. The number of benzene rings is 2. The molecule has 0 amide bonds. The van der Waals surface area contributed by atoms with Crippen molar-refractivity contribution >= 4 is 0 Å². The van der Waals surface area contributed by atoms with Gasteiger partial charge in [0.1, 0.15) is 29.5 Å². The quantitative estimate of drug-likeness (QED) is 0.835. The fraction of sp³-hybridized carbons (Fsp3) is 0.333. The van der Waals surface area contributed by atoms with Crippen LogP contribution >= 0.6 is 0 Å². The molecule has 1 aliphatic heterocycles. The van der Waals surface area contributed by atoms with Gasteiger partial charge in [-0.25, -0.2) is 4.39 Å². The maximum absolute atomic E-state index is 14.0. The Kier molecular flexibility index (Phi) is 2.99. The highest BCUT2D eigenvalue weighted by Crippen LogP contribution is 2.55. The zero-order valence-electron chi connectivity index (χ0n) is 11.9. The van der Waals surface area contributed by atoms with Crippen LogP contribution in [0.5, 0.6) is 17.2 Å². The average molecular weight is 300 g/mol. The number of ether oxygens (including phenoxy) is 1. The molecule has 2 aliphatic rings. The van der Waals surface area contributed by atoms with Gasteiger partial charge in [-0.3, -0.25) is 0 Å². The van der Waals surface area contributed by atoms with E-state index in [1.165, 1.54) is 0 Å². The van der Waals surface area contributed by atoms with Crippen LogP contribution in [0, 0.1) is 5.92 Å². The van der Waals surface area contributed by atoms with Crippen molar-refractivity contribution < 1.29 is 19.3 Å². The number of phenols is 2. The fourth-order valence-electron chi connectivity index (χ4n) is 3.83. The molecule has 4 rings (SSSR count). The fourth-order valence-corrected chi connectivity index (χ4v) is 3.83. The summed E-state index contributed by atoms with van der Waals surface area (Å²) in [6, 6.07) is 11.9. The van der Waals surface area contributed by atoms with E-state index in [-0.39, 0.29) is 29.4 Å². The van der Waals surface area contributed by atoms with Crippen molar-refractivity contribution in [1.29, 1.82) is 0 Å². The molecule has 4 atom stereocenters.